The number of anilines is 1. The molecule has 1 aromatic rings. The molecule has 1 heterocycles. The Bertz CT molecular complexity index is 330. The number of ether oxygens (including phenoxy) is 1. The fourth-order valence-electron chi connectivity index (χ4n) is 1.14. The molecule has 96 valence electrons. The summed E-state index contributed by atoms with van der Waals surface area (Å²) in [5, 5.41) is 3.20. The van der Waals surface area contributed by atoms with Crippen LogP contribution in [0.4, 0.5) is 5.95 Å². The third-order valence-electron chi connectivity index (χ3n) is 2.52. The van der Waals surface area contributed by atoms with Crippen molar-refractivity contribution >= 4 is 5.95 Å². The average Bonchev–Trinajstić information content (AvgIpc) is 2.33. The van der Waals surface area contributed by atoms with Gasteiger partial charge in [0.25, 0.3) is 0 Å². The Morgan fingerprint density at radius 2 is 2.24 bits per heavy atom. The molecule has 1 unspecified atom stereocenters. The first-order valence-electron chi connectivity index (χ1n) is 5.99. The maximum atomic E-state index is 5.45. The van der Waals surface area contributed by atoms with Gasteiger partial charge in [0.1, 0.15) is 0 Å². The van der Waals surface area contributed by atoms with Gasteiger partial charge in [-0.1, -0.05) is 6.92 Å². The minimum absolute atomic E-state index is 0.429. The fraction of sp³-hybridized carbons (Fsp3) is 0.667. The third-order valence-corrected chi connectivity index (χ3v) is 2.52. The Balaban J connectivity index is 2.48. The fourth-order valence-corrected chi connectivity index (χ4v) is 1.14. The van der Waals surface area contributed by atoms with Crippen LogP contribution in [0.2, 0.25) is 0 Å². The summed E-state index contributed by atoms with van der Waals surface area (Å²) in [6.07, 6.45) is 2.69. The smallest absolute Gasteiger partial charge is 0.225 e. The molecule has 0 aliphatic carbocycles. The van der Waals surface area contributed by atoms with E-state index in [1.165, 1.54) is 0 Å². The highest BCUT2D eigenvalue weighted by atomic mass is 16.5. The van der Waals surface area contributed by atoms with E-state index in [0.29, 0.717) is 24.5 Å². The lowest BCUT2D eigenvalue weighted by molar-refractivity contribution is 0.304. The van der Waals surface area contributed by atoms with Crippen LogP contribution < -0.4 is 10.1 Å². The van der Waals surface area contributed by atoms with E-state index in [4.69, 9.17) is 4.74 Å². The largest absolute Gasteiger partial charge is 0.478 e. The molecule has 0 aliphatic rings. The highest BCUT2D eigenvalue weighted by molar-refractivity contribution is 5.27. The summed E-state index contributed by atoms with van der Waals surface area (Å²) in [6, 6.07) is 2.20. The van der Waals surface area contributed by atoms with E-state index in [1.807, 2.05) is 14.1 Å². The Hall–Kier alpha value is -1.36. The topological polar surface area (TPSA) is 50.3 Å². The Labute approximate surface area is 103 Å². The normalized spacial score (nSPS) is 12.5. The maximum Gasteiger partial charge on any atom is 0.225 e. The van der Waals surface area contributed by atoms with Gasteiger partial charge in [-0.3, -0.25) is 0 Å². The summed E-state index contributed by atoms with van der Waals surface area (Å²) in [4.78, 5) is 10.6. The lowest BCUT2D eigenvalue weighted by Gasteiger charge is -2.19. The van der Waals surface area contributed by atoms with Crippen LogP contribution in [0.25, 0.3) is 0 Å². The van der Waals surface area contributed by atoms with Gasteiger partial charge < -0.3 is 15.0 Å². The van der Waals surface area contributed by atoms with E-state index < -0.39 is 0 Å². The van der Waals surface area contributed by atoms with E-state index in [0.717, 1.165) is 13.0 Å². The van der Waals surface area contributed by atoms with Crippen molar-refractivity contribution in [2.75, 3.05) is 32.6 Å². The standard InChI is InChI=1S/C12H22N4O/c1-5-8-17-11-6-7-13-12(15-11)14-9-10(2)16(3)4/h6-7,10H,5,8-9H2,1-4H3,(H,13,14,15). The van der Waals surface area contributed by atoms with Crippen LogP contribution in [0.1, 0.15) is 20.3 Å². The molecular weight excluding hydrogens is 216 g/mol. The molecular formula is C12H22N4O. The lowest BCUT2D eigenvalue weighted by atomic mass is 10.3. The van der Waals surface area contributed by atoms with Crippen molar-refractivity contribution in [2.45, 2.75) is 26.3 Å². The molecule has 0 amide bonds. The zero-order chi connectivity index (χ0) is 12.7. The SMILES string of the molecule is CCCOc1ccnc(NCC(C)N(C)C)n1. The molecule has 1 aromatic heterocycles. The number of rotatable bonds is 7. The van der Waals surface area contributed by atoms with Gasteiger partial charge >= 0.3 is 0 Å². The molecule has 0 aliphatic heterocycles. The second-order valence-electron chi connectivity index (χ2n) is 4.26. The average molecular weight is 238 g/mol. The summed E-state index contributed by atoms with van der Waals surface area (Å²) >= 11 is 0. The molecule has 0 radical (unpaired) electrons. The molecule has 5 nitrogen and oxygen atoms in total. The van der Waals surface area contributed by atoms with Gasteiger partial charge in [-0.15, -0.1) is 0 Å². The number of nitrogens with zero attached hydrogens (tertiary/aromatic N) is 3. The number of hydrogen-bond donors (Lipinski definition) is 1. The molecule has 0 bridgehead atoms. The van der Waals surface area contributed by atoms with Gasteiger partial charge in [0.15, 0.2) is 0 Å². The Morgan fingerprint density at radius 1 is 1.47 bits per heavy atom. The van der Waals surface area contributed by atoms with Crippen molar-refractivity contribution in [1.29, 1.82) is 0 Å². The summed E-state index contributed by atoms with van der Waals surface area (Å²) in [5.41, 5.74) is 0. The second-order valence-corrected chi connectivity index (χ2v) is 4.26. The van der Waals surface area contributed by atoms with Gasteiger partial charge in [0.2, 0.25) is 11.8 Å². The van der Waals surface area contributed by atoms with Crippen molar-refractivity contribution in [1.82, 2.24) is 14.9 Å². The van der Waals surface area contributed by atoms with Crippen LogP contribution in [0.3, 0.4) is 0 Å². The zero-order valence-corrected chi connectivity index (χ0v) is 11.1. The number of hydrogen-bond acceptors (Lipinski definition) is 5. The third kappa shape index (κ3) is 4.99. The number of likely N-dealkylation sites (N-methyl/N-ethyl adjacent to an activating group) is 1. The van der Waals surface area contributed by atoms with E-state index in [9.17, 15) is 0 Å². The van der Waals surface area contributed by atoms with Crippen LogP contribution >= 0.6 is 0 Å². The van der Waals surface area contributed by atoms with Crippen LogP contribution in [-0.4, -0.2) is 48.2 Å². The van der Waals surface area contributed by atoms with Crippen molar-refractivity contribution in [3.8, 4) is 5.88 Å². The van der Waals surface area contributed by atoms with E-state index in [2.05, 4.69) is 34.0 Å². The number of aromatic nitrogens is 2. The molecule has 0 fully saturated rings. The van der Waals surface area contributed by atoms with Crippen LogP contribution in [-0.2, 0) is 0 Å². The van der Waals surface area contributed by atoms with Crippen LogP contribution in [0.5, 0.6) is 5.88 Å². The molecule has 17 heavy (non-hydrogen) atoms. The van der Waals surface area contributed by atoms with E-state index in [-0.39, 0.29) is 0 Å². The lowest BCUT2D eigenvalue weighted by Crippen LogP contribution is -2.31. The molecule has 0 saturated carbocycles. The van der Waals surface area contributed by atoms with Crippen molar-refractivity contribution in [3.05, 3.63) is 12.3 Å². The van der Waals surface area contributed by atoms with Gasteiger partial charge in [0.05, 0.1) is 6.61 Å². The Kier molecular flexibility index (Phi) is 5.69. The first kappa shape index (κ1) is 13.7. The predicted molar refractivity (Wildman–Crippen MR) is 69.5 cm³/mol. The van der Waals surface area contributed by atoms with Crippen LogP contribution in [0, 0.1) is 0 Å². The zero-order valence-electron chi connectivity index (χ0n) is 11.1. The van der Waals surface area contributed by atoms with Crippen molar-refractivity contribution in [3.63, 3.8) is 0 Å². The molecule has 1 rings (SSSR count). The van der Waals surface area contributed by atoms with Crippen molar-refractivity contribution in [2.24, 2.45) is 0 Å². The minimum atomic E-state index is 0.429. The van der Waals surface area contributed by atoms with Crippen molar-refractivity contribution < 1.29 is 4.74 Å². The van der Waals surface area contributed by atoms with Gasteiger partial charge in [-0.25, -0.2) is 4.98 Å². The number of nitrogens with one attached hydrogen (secondary N) is 1. The van der Waals surface area contributed by atoms with Crippen LogP contribution in [0.15, 0.2) is 12.3 Å². The molecule has 5 heteroatoms. The molecule has 1 atom stereocenters. The van der Waals surface area contributed by atoms with Gasteiger partial charge in [-0.2, -0.15) is 4.98 Å². The molecule has 0 spiro atoms. The highest BCUT2D eigenvalue weighted by Gasteiger charge is 2.05. The van der Waals surface area contributed by atoms with Gasteiger partial charge in [0, 0.05) is 24.8 Å². The van der Waals surface area contributed by atoms with Gasteiger partial charge in [-0.05, 0) is 27.4 Å². The minimum Gasteiger partial charge on any atom is -0.478 e. The quantitative estimate of drug-likeness (QED) is 0.782. The Morgan fingerprint density at radius 3 is 2.88 bits per heavy atom. The first-order chi connectivity index (χ1) is 8.13. The first-order valence-corrected chi connectivity index (χ1v) is 5.99. The second kappa shape index (κ2) is 7.06. The maximum absolute atomic E-state index is 5.45. The van der Waals surface area contributed by atoms with E-state index >= 15 is 0 Å². The summed E-state index contributed by atoms with van der Waals surface area (Å²) in [7, 11) is 4.10. The predicted octanol–water partition coefficient (Wildman–Crippen LogP) is 1.63. The molecule has 0 saturated heterocycles. The summed E-state index contributed by atoms with van der Waals surface area (Å²) in [6.45, 7) is 5.71. The summed E-state index contributed by atoms with van der Waals surface area (Å²) in [5.74, 6) is 1.24. The highest BCUT2D eigenvalue weighted by Crippen LogP contribution is 2.08. The monoisotopic (exact) mass is 238 g/mol. The van der Waals surface area contributed by atoms with E-state index in [1.54, 1.807) is 12.3 Å². The summed E-state index contributed by atoms with van der Waals surface area (Å²) < 4.78 is 5.45. The molecule has 1 N–H and O–H groups in total. The molecule has 0 aromatic carbocycles.